The van der Waals surface area contributed by atoms with Crippen LogP contribution in [0.4, 0.5) is 0 Å². The van der Waals surface area contributed by atoms with E-state index in [-0.39, 0.29) is 24.0 Å². The molecule has 0 spiro atoms. The summed E-state index contributed by atoms with van der Waals surface area (Å²) < 4.78 is 3.83. The predicted molar refractivity (Wildman–Crippen MR) is 120 cm³/mol. The summed E-state index contributed by atoms with van der Waals surface area (Å²) in [6, 6.07) is 1.86. The summed E-state index contributed by atoms with van der Waals surface area (Å²) in [6.45, 7) is 5.54. The van der Waals surface area contributed by atoms with Crippen LogP contribution in [0.1, 0.15) is 36.5 Å². The molecule has 0 bridgehead atoms. The molecular weight excluding hydrogens is 486 g/mol. The molecule has 0 saturated heterocycles. The number of aryl methyl sites for hydroxylation is 2. The van der Waals surface area contributed by atoms with Crippen molar-refractivity contribution in [2.45, 2.75) is 39.8 Å². The second-order valence-electron chi connectivity index (χ2n) is 5.82. The molecule has 0 saturated carbocycles. The van der Waals surface area contributed by atoms with Gasteiger partial charge in [-0.3, -0.25) is 9.67 Å². The Morgan fingerprint density at radius 3 is 2.31 bits per heavy atom. The monoisotopic (exact) mass is 512 g/mol. The maximum Gasteiger partial charge on any atom is 0.191 e. The molecule has 0 unspecified atom stereocenters. The Bertz CT molecular complexity index is 766. The Balaban J connectivity index is 0.00000338. The maximum atomic E-state index is 6.11. The summed E-state index contributed by atoms with van der Waals surface area (Å²) in [5.74, 6) is 0.724. The van der Waals surface area contributed by atoms with Crippen LogP contribution in [0.3, 0.4) is 0 Å². The van der Waals surface area contributed by atoms with E-state index in [1.54, 1.807) is 7.05 Å². The highest BCUT2D eigenvalue weighted by atomic mass is 127. The molecule has 0 aromatic carbocycles. The molecule has 0 radical (unpaired) electrons. The van der Waals surface area contributed by atoms with Crippen LogP contribution < -0.4 is 10.6 Å². The number of hydrogen-bond donors (Lipinski definition) is 2. The molecule has 9 heteroatoms. The highest BCUT2D eigenvalue weighted by Gasteiger charge is 2.14. The zero-order chi connectivity index (χ0) is 18.6. The first-order valence-corrected chi connectivity index (χ1v) is 9.16. The number of rotatable bonds is 6. The van der Waals surface area contributed by atoms with Gasteiger partial charge >= 0.3 is 0 Å². The van der Waals surface area contributed by atoms with Gasteiger partial charge in [0.1, 0.15) is 5.15 Å². The fraction of sp³-hybridized carbons (Fsp3) is 0.529. The highest BCUT2D eigenvalue weighted by Crippen LogP contribution is 2.24. The van der Waals surface area contributed by atoms with Gasteiger partial charge in [-0.15, -0.1) is 24.0 Å². The molecule has 0 atom stereocenters. The van der Waals surface area contributed by atoms with E-state index < -0.39 is 0 Å². The van der Waals surface area contributed by atoms with Gasteiger partial charge in [0, 0.05) is 44.6 Å². The van der Waals surface area contributed by atoms with Gasteiger partial charge in [-0.25, -0.2) is 0 Å². The van der Waals surface area contributed by atoms with Gasteiger partial charge in [0.2, 0.25) is 0 Å². The van der Waals surface area contributed by atoms with Gasteiger partial charge in [-0.1, -0.05) is 37.0 Å². The molecule has 0 fully saturated rings. The first-order valence-electron chi connectivity index (χ1n) is 8.40. The van der Waals surface area contributed by atoms with Crippen molar-refractivity contribution in [2.75, 3.05) is 7.05 Å². The third-order valence-corrected chi connectivity index (χ3v) is 5.18. The minimum atomic E-state index is 0. The fourth-order valence-corrected chi connectivity index (χ4v) is 3.34. The molecule has 2 N–H and O–H groups in total. The van der Waals surface area contributed by atoms with Crippen LogP contribution in [-0.2, 0) is 40.0 Å². The van der Waals surface area contributed by atoms with Gasteiger partial charge in [0.15, 0.2) is 5.96 Å². The zero-order valence-corrected chi connectivity index (χ0v) is 19.7. The molecule has 6 nitrogen and oxygen atoms in total. The van der Waals surface area contributed by atoms with E-state index in [2.05, 4.69) is 34.6 Å². The average Bonchev–Trinajstić information content (AvgIpc) is 3.05. The van der Waals surface area contributed by atoms with Crippen molar-refractivity contribution in [3.63, 3.8) is 0 Å². The van der Waals surface area contributed by atoms with Crippen molar-refractivity contribution in [3.8, 4) is 0 Å². The number of hydrogen-bond acceptors (Lipinski definition) is 2. The first-order chi connectivity index (χ1) is 11.9. The minimum Gasteiger partial charge on any atom is -0.352 e. The minimum absolute atomic E-state index is 0. The molecule has 2 aromatic rings. The summed E-state index contributed by atoms with van der Waals surface area (Å²) in [6.07, 6.45) is 1.87. The lowest BCUT2D eigenvalue weighted by Crippen LogP contribution is -2.37. The van der Waals surface area contributed by atoms with E-state index in [0.717, 1.165) is 30.2 Å². The fourth-order valence-electron chi connectivity index (χ4n) is 2.92. The molecule has 146 valence electrons. The van der Waals surface area contributed by atoms with Crippen LogP contribution in [0.15, 0.2) is 11.1 Å². The average molecular weight is 513 g/mol. The Kier molecular flexibility index (Phi) is 9.26. The third-order valence-electron chi connectivity index (χ3n) is 4.34. The van der Waals surface area contributed by atoms with Crippen molar-refractivity contribution >= 4 is 53.1 Å². The Hall–Kier alpha value is -0.930. The molecule has 2 aromatic heterocycles. The molecule has 0 amide bonds. The standard InChI is InChI=1S/C17H26Cl2N6.HI/c1-6-14-12(15(7-2)25(5)23-14)10-22-17(20-3)21-9-11-8-13(18)16(19)24(11)4;/h8H,6-7,9-10H2,1-5H3,(H2,20,21,22);1H. The normalized spacial score (nSPS) is 11.4. The molecule has 2 heterocycles. The van der Waals surface area contributed by atoms with Crippen molar-refractivity contribution in [1.29, 1.82) is 0 Å². The molecular formula is C17H27Cl2IN6. The van der Waals surface area contributed by atoms with Crippen LogP contribution in [0.25, 0.3) is 0 Å². The highest BCUT2D eigenvalue weighted by molar-refractivity contribution is 14.0. The number of aliphatic imine (C=N–C) groups is 1. The summed E-state index contributed by atoms with van der Waals surface area (Å²) in [5, 5.41) is 12.4. The van der Waals surface area contributed by atoms with Crippen LogP contribution in [0, 0.1) is 0 Å². The predicted octanol–water partition coefficient (Wildman–Crippen LogP) is 3.67. The second kappa shape index (κ2) is 10.4. The lowest BCUT2D eigenvalue weighted by atomic mass is 10.1. The maximum absolute atomic E-state index is 6.11. The quantitative estimate of drug-likeness (QED) is 0.352. The van der Waals surface area contributed by atoms with Crippen molar-refractivity contribution < 1.29 is 0 Å². The lowest BCUT2D eigenvalue weighted by Gasteiger charge is -2.13. The van der Waals surface area contributed by atoms with Gasteiger partial charge in [-0.2, -0.15) is 5.10 Å². The van der Waals surface area contributed by atoms with Crippen LogP contribution in [0.2, 0.25) is 10.2 Å². The van der Waals surface area contributed by atoms with E-state index in [0.29, 0.717) is 23.3 Å². The van der Waals surface area contributed by atoms with Gasteiger partial charge in [0.25, 0.3) is 0 Å². The SMILES string of the molecule is CCc1nn(C)c(CC)c1CNC(=NC)NCc1cc(Cl)c(Cl)n1C.I. The lowest BCUT2D eigenvalue weighted by molar-refractivity contribution is 0.702. The Morgan fingerprint density at radius 1 is 1.15 bits per heavy atom. The molecule has 2 rings (SSSR count). The third kappa shape index (κ3) is 5.07. The summed E-state index contributed by atoms with van der Waals surface area (Å²) >= 11 is 12.2. The largest absolute Gasteiger partial charge is 0.352 e. The Labute approximate surface area is 182 Å². The topological polar surface area (TPSA) is 59.2 Å². The summed E-state index contributed by atoms with van der Waals surface area (Å²) in [4.78, 5) is 4.29. The van der Waals surface area contributed by atoms with Crippen molar-refractivity contribution in [2.24, 2.45) is 19.1 Å². The van der Waals surface area contributed by atoms with E-state index in [1.807, 2.05) is 29.4 Å². The van der Waals surface area contributed by atoms with Gasteiger partial charge in [0.05, 0.1) is 17.3 Å². The van der Waals surface area contributed by atoms with E-state index >= 15 is 0 Å². The van der Waals surface area contributed by atoms with Crippen LogP contribution >= 0.6 is 47.2 Å². The van der Waals surface area contributed by atoms with Crippen LogP contribution in [-0.4, -0.2) is 27.4 Å². The summed E-state index contributed by atoms with van der Waals surface area (Å²) in [5.41, 5.74) is 4.62. The number of nitrogens with one attached hydrogen (secondary N) is 2. The van der Waals surface area contributed by atoms with Crippen molar-refractivity contribution in [3.05, 3.63) is 38.9 Å². The zero-order valence-electron chi connectivity index (χ0n) is 15.9. The number of halogens is 3. The molecule has 0 aliphatic carbocycles. The van der Waals surface area contributed by atoms with E-state index in [9.17, 15) is 0 Å². The van der Waals surface area contributed by atoms with Gasteiger partial charge < -0.3 is 15.2 Å². The number of guanidine groups is 1. The van der Waals surface area contributed by atoms with E-state index in [4.69, 9.17) is 23.2 Å². The smallest absolute Gasteiger partial charge is 0.191 e. The molecule has 0 aliphatic heterocycles. The van der Waals surface area contributed by atoms with E-state index in [1.165, 1.54) is 11.3 Å². The number of aromatic nitrogens is 3. The molecule has 0 aliphatic rings. The first kappa shape index (κ1) is 23.1. The van der Waals surface area contributed by atoms with Gasteiger partial charge in [-0.05, 0) is 18.9 Å². The second-order valence-corrected chi connectivity index (χ2v) is 6.58. The molecule has 26 heavy (non-hydrogen) atoms. The van der Waals surface area contributed by atoms with Crippen LogP contribution in [0.5, 0.6) is 0 Å². The Morgan fingerprint density at radius 2 is 1.81 bits per heavy atom. The number of nitrogens with zero attached hydrogens (tertiary/aromatic N) is 4. The van der Waals surface area contributed by atoms with Crippen molar-refractivity contribution in [1.82, 2.24) is 25.0 Å². The summed E-state index contributed by atoms with van der Waals surface area (Å²) in [7, 11) is 5.64.